The molecule has 0 fully saturated rings. The maximum atomic E-state index is 3.60. The van der Waals surface area contributed by atoms with Crippen LogP contribution in [0.1, 0.15) is 0 Å². The summed E-state index contributed by atoms with van der Waals surface area (Å²) in [6, 6.07) is 0. The number of hydrogen-bond donors (Lipinski definition) is 2. The predicted octanol–water partition coefficient (Wildman–Crippen LogP) is 1.38. The van der Waals surface area contributed by atoms with Gasteiger partial charge in [0.05, 0.1) is 0 Å². The van der Waals surface area contributed by atoms with Crippen molar-refractivity contribution < 1.29 is 0 Å². The first-order valence-electron chi connectivity index (χ1n) is 3.55. The Morgan fingerprint density at radius 1 is 0.833 bits per heavy atom. The molecule has 12 heavy (non-hydrogen) atoms. The molecule has 0 bridgehead atoms. The Morgan fingerprint density at radius 3 is 1.42 bits per heavy atom. The first-order valence-corrected chi connectivity index (χ1v) is 3.55. The van der Waals surface area contributed by atoms with Crippen LogP contribution in [0, 0.1) is 0 Å². The normalized spacial score (nSPS) is 7.67. The van der Waals surface area contributed by atoms with E-state index in [2.05, 4.69) is 23.8 Å². The van der Waals surface area contributed by atoms with Crippen LogP contribution in [0.15, 0.2) is 25.3 Å². The van der Waals surface area contributed by atoms with Crippen LogP contribution < -0.4 is 10.6 Å². The topological polar surface area (TPSA) is 24.1 Å². The van der Waals surface area contributed by atoms with E-state index >= 15 is 0 Å². The average Bonchev–Trinajstić information content (AvgIpc) is 1.97. The summed E-state index contributed by atoms with van der Waals surface area (Å²) < 4.78 is 0. The van der Waals surface area contributed by atoms with E-state index in [0.717, 1.165) is 26.2 Å². The van der Waals surface area contributed by atoms with Gasteiger partial charge in [-0.1, -0.05) is 12.2 Å². The SMILES string of the molecule is C=CCNCCNCC=C.Cl.Cl. The summed E-state index contributed by atoms with van der Waals surface area (Å²) in [7, 11) is 0. The van der Waals surface area contributed by atoms with Crippen molar-refractivity contribution in [1.29, 1.82) is 0 Å². The van der Waals surface area contributed by atoms with E-state index in [4.69, 9.17) is 0 Å². The van der Waals surface area contributed by atoms with Crippen molar-refractivity contribution in [3.63, 3.8) is 0 Å². The molecule has 0 saturated heterocycles. The molecule has 0 aromatic rings. The first kappa shape index (κ1) is 17.9. The Balaban J connectivity index is -0.000000405. The van der Waals surface area contributed by atoms with Gasteiger partial charge in [0.15, 0.2) is 0 Å². The fraction of sp³-hybridized carbons (Fsp3) is 0.500. The first-order chi connectivity index (χ1) is 4.91. The minimum atomic E-state index is 0. The third kappa shape index (κ3) is 16.5. The largest absolute Gasteiger partial charge is 0.312 e. The smallest absolute Gasteiger partial charge is 0.0132 e. The van der Waals surface area contributed by atoms with E-state index in [1.807, 2.05) is 12.2 Å². The molecule has 2 N–H and O–H groups in total. The van der Waals surface area contributed by atoms with Gasteiger partial charge in [-0.25, -0.2) is 0 Å². The number of nitrogens with one attached hydrogen (secondary N) is 2. The Labute approximate surface area is 87.3 Å². The van der Waals surface area contributed by atoms with Crippen LogP contribution in [0.3, 0.4) is 0 Å². The van der Waals surface area contributed by atoms with Crippen LogP contribution in [0.25, 0.3) is 0 Å². The summed E-state index contributed by atoms with van der Waals surface area (Å²) in [5.41, 5.74) is 0. The van der Waals surface area contributed by atoms with Crippen LogP contribution in [0.4, 0.5) is 0 Å². The molecule has 0 saturated carbocycles. The lowest BCUT2D eigenvalue weighted by Gasteiger charge is -2.00. The molecule has 4 heteroatoms. The Bertz CT molecular complexity index is 85.1. The van der Waals surface area contributed by atoms with Crippen LogP contribution >= 0.6 is 24.8 Å². The van der Waals surface area contributed by atoms with Gasteiger partial charge in [-0.05, 0) is 0 Å². The third-order valence-electron chi connectivity index (χ3n) is 1.06. The summed E-state index contributed by atoms with van der Waals surface area (Å²) in [6.07, 6.45) is 3.71. The second-order valence-corrected chi connectivity index (χ2v) is 1.99. The lowest BCUT2D eigenvalue weighted by Crippen LogP contribution is -2.27. The molecule has 0 aliphatic carbocycles. The summed E-state index contributed by atoms with van der Waals surface area (Å²) in [6.45, 7) is 10.9. The minimum absolute atomic E-state index is 0. The molecule has 74 valence electrons. The van der Waals surface area contributed by atoms with Gasteiger partial charge in [-0.15, -0.1) is 38.0 Å². The van der Waals surface area contributed by atoms with Crippen molar-refractivity contribution in [3.8, 4) is 0 Å². The molecule has 2 nitrogen and oxygen atoms in total. The van der Waals surface area contributed by atoms with E-state index in [-0.39, 0.29) is 24.8 Å². The Hall–Kier alpha value is -0.0200. The van der Waals surface area contributed by atoms with Crippen molar-refractivity contribution in [2.45, 2.75) is 0 Å². The monoisotopic (exact) mass is 212 g/mol. The number of halogens is 2. The molecule has 0 aliphatic heterocycles. The van der Waals surface area contributed by atoms with Crippen molar-refractivity contribution >= 4 is 24.8 Å². The van der Waals surface area contributed by atoms with Gasteiger partial charge in [-0.2, -0.15) is 0 Å². The molecule has 0 unspecified atom stereocenters. The molecular weight excluding hydrogens is 195 g/mol. The van der Waals surface area contributed by atoms with Crippen LogP contribution in [-0.2, 0) is 0 Å². The van der Waals surface area contributed by atoms with Gasteiger partial charge in [0.2, 0.25) is 0 Å². The fourth-order valence-electron chi connectivity index (χ4n) is 0.585. The Morgan fingerprint density at radius 2 is 1.17 bits per heavy atom. The van der Waals surface area contributed by atoms with Gasteiger partial charge in [0.1, 0.15) is 0 Å². The van der Waals surface area contributed by atoms with Gasteiger partial charge in [0, 0.05) is 26.2 Å². The molecule has 0 spiro atoms. The highest BCUT2D eigenvalue weighted by atomic mass is 35.5. The summed E-state index contributed by atoms with van der Waals surface area (Å²) in [5.74, 6) is 0. The van der Waals surface area contributed by atoms with Gasteiger partial charge in [-0.3, -0.25) is 0 Å². The maximum Gasteiger partial charge on any atom is 0.0132 e. The Kier molecular flexibility index (Phi) is 25.6. The van der Waals surface area contributed by atoms with Crippen molar-refractivity contribution in [2.75, 3.05) is 26.2 Å². The zero-order valence-electron chi connectivity index (χ0n) is 7.21. The lowest BCUT2D eigenvalue weighted by atomic mass is 10.5. The standard InChI is InChI=1S/C8H16N2.2ClH/c1-3-5-9-7-8-10-6-4-2;;/h3-4,9-10H,1-2,5-8H2;2*1H. The van der Waals surface area contributed by atoms with Crippen LogP contribution in [0.5, 0.6) is 0 Å². The summed E-state index contributed by atoms with van der Waals surface area (Å²) in [5, 5.41) is 6.36. The zero-order valence-corrected chi connectivity index (χ0v) is 8.85. The van der Waals surface area contributed by atoms with Crippen LogP contribution in [-0.4, -0.2) is 26.2 Å². The van der Waals surface area contributed by atoms with E-state index < -0.39 is 0 Å². The fourth-order valence-corrected chi connectivity index (χ4v) is 0.585. The van der Waals surface area contributed by atoms with E-state index in [0.29, 0.717) is 0 Å². The van der Waals surface area contributed by atoms with E-state index in [1.54, 1.807) is 0 Å². The predicted molar refractivity (Wildman–Crippen MR) is 60.6 cm³/mol. The molecule has 0 amide bonds. The van der Waals surface area contributed by atoms with Crippen molar-refractivity contribution in [1.82, 2.24) is 10.6 Å². The molecule has 0 atom stereocenters. The highest BCUT2D eigenvalue weighted by molar-refractivity contribution is 5.85. The summed E-state index contributed by atoms with van der Waals surface area (Å²) in [4.78, 5) is 0. The molecule has 0 heterocycles. The molecule has 0 aliphatic rings. The molecule has 0 aromatic carbocycles. The van der Waals surface area contributed by atoms with Gasteiger partial charge in [0.25, 0.3) is 0 Å². The second kappa shape index (κ2) is 17.2. The molecule has 0 rings (SSSR count). The van der Waals surface area contributed by atoms with Crippen LogP contribution in [0.2, 0.25) is 0 Å². The highest BCUT2D eigenvalue weighted by Crippen LogP contribution is 1.62. The number of hydrogen-bond acceptors (Lipinski definition) is 2. The van der Waals surface area contributed by atoms with E-state index in [9.17, 15) is 0 Å². The molecular formula is C8H18Cl2N2. The van der Waals surface area contributed by atoms with Crippen molar-refractivity contribution in [2.24, 2.45) is 0 Å². The lowest BCUT2D eigenvalue weighted by molar-refractivity contribution is 0.668. The summed E-state index contributed by atoms with van der Waals surface area (Å²) >= 11 is 0. The minimum Gasteiger partial charge on any atom is -0.312 e. The number of rotatable bonds is 7. The van der Waals surface area contributed by atoms with Crippen molar-refractivity contribution in [3.05, 3.63) is 25.3 Å². The highest BCUT2D eigenvalue weighted by Gasteiger charge is 1.81. The van der Waals surface area contributed by atoms with Gasteiger partial charge < -0.3 is 10.6 Å². The average molecular weight is 213 g/mol. The third-order valence-corrected chi connectivity index (χ3v) is 1.06. The quantitative estimate of drug-likeness (QED) is 0.493. The maximum absolute atomic E-state index is 3.60. The molecule has 0 aromatic heterocycles. The van der Waals surface area contributed by atoms with E-state index in [1.165, 1.54) is 0 Å². The van der Waals surface area contributed by atoms with Gasteiger partial charge >= 0.3 is 0 Å². The molecule has 0 radical (unpaired) electrons. The second-order valence-electron chi connectivity index (χ2n) is 1.99. The zero-order chi connectivity index (χ0) is 7.66.